The minimum absolute atomic E-state index is 0.217. The zero-order valence-electron chi connectivity index (χ0n) is 41.3. The summed E-state index contributed by atoms with van der Waals surface area (Å²) in [7, 11) is 0. The second-order valence-electron chi connectivity index (χ2n) is 18.7. The monoisotopic (exact) mass is 909 g/mol. The van der Waals surface area contributed by atoms with Crippen LogP contribution in [0.2, 0.25) is 0 Å². The van der Waals surface area contributed by atoms with E-state index in [2.05, 4.69) is 38.2 Å². The van der Waals surface area contributed by atoms with Crippen molar-refractivity contribution in [3.63, 3.8) is 0 Å². The molecule has 6 unspecified atom stereocenters. The average Bonchev–Trinajstić information content (AvgIpc) is 3.29. The third-order valence-electron chi connectivity index (χ3n) is 12.6. The van der Waals surface area contributed by atoms with Crippen molar-refractivity contribution in [1.82, 2.24) is 0 Å². The molecule has 0 aromatic rings. The van der Waals surface area contributed by atoms with E-state index in [0.717, 1.165) is 57.8 Å². The van der Waals surface area contributed by atoms with Crippen LogP contribution in [0, 0.1) is 0 Å². The first-order chi connectivity index (χ1) is 31.3. The molecular formula is C54H100O10. The Morgan fingerprint density at radius 2 is 0.875 bits per heavy atom. The lowest BCUT2D eigenvalue weighted by Crippen LogP contribution is -2.59. The Kier molecular flexibility index (Phi) is 42.3. The largest absolute Gasteiger partial charge is 0.462 e. The van der Waals surface area contributed by atoms with Crippen molar-refractivity contribution in [2.45, 2.75) is 288 Å². The van der Waals surface area contributed by atoms with Gasteiger partial charge in [-0.1, -0.05) is 218 Å². The van der Waals surface area contributed by atoms with Crippen LogP contribution in [0.15, 0.2) is 24.3 Å². The summed E-state index contributed by atoms with van der Waals surface area (Å²) in [5.74, 6) is -0.809. The number of aliphatic hydroxyl groups excluding tert-OH is 4. The molecule has 0 aliphatic carbocycles. The second-order valence-corrected chi connectivity index (χ2v) is 18.7. The topological polar surface area (TPSA) is 152 Å². The quantitative estimate of drug-likeness (QED) is 0.0264. The van der Waals surface area contributed by atoms with Crippen LogP contribution >= 0.6 is 0 Å². The van der Waals surface area contributed by atoms with Gasteiger partial charge in [-0.2, -0.15) is 0 Å². The van der Waals surface area contributed by atoms with Gasteiger partial charge in [0, 0.05) is 12.8 Å². The van der Waals surface area contributed by atoms with Crippen LogP contribution in [0.5, 0.6) is 0 Å². The summed E-state index contributed by atoms with van der Waals surface area (Å²) in [5.41, 5.74) is 0. The first kappa shape index (κ1) is 60.2. The molecule has 376 valence electrons. The molecule has 0 radical (unpaired) electrons. The lowest BCUT2D eigenvalue weighted by atomic mass is 9.99. The Morgan fingerprint density at radius 1 is 0.484 bits per heavy atom. The number of carbonyl (C=O) groups is 2. The predicted molar refractivity (Wildman–Crippen MR) is 261 cm³/mol. The molecule has 1 saturated heterocycles. The summed E-state index contributed by atoms with van der Waals surface area (Å²) in [6.45, 7) is 3.44. The van der Waals surface area contributed by atoms with Gasteiger partial charge in [-0.05, 0) is 44.9 Å². The minimum Gasteiger partial charge on any atom is -0.462 e. The number of unbranched alkanes of at least 4 members (excludes halogenated alkanes) is 31. The summed E-state index contributed by atoms with van der Waals surface area (Å²) >= 11 is 0. The third-order valence-corrected chi connectivity index (χ3v) is 12.6. The van der Waals surface area contributed by atoms with Crippen molar-refractivity contribution in [3.8, 4) is 0 Å². The van der Waals surface area contributed by atoms with Crippen LogP contribution in [-0.2, 0) is 28.5 Å². The maximum absolute atomic E-state index is 12.8. The zero-order valence-corrected chi connectivity index (χ0v) is 41.3. The highest BCUT2D eigenvalue weighted by Gasteiger charge is 2.44. The molecule has 0 spiro atoms. The molecule has 10 heteroatoms. The molecule has 10 nitrogen and oxygen atoms in total. The van der Waals surface area contributed by atoms with Gasteiger partial charge in [-0.15, -0.1) is 0 Å². The third kappa shape index (κ3) is 35.4. The Morgan fingerprint density at radius 3 is 1.31 bits per heavy atom. The van der Waals surface area contributed by atoms with Crippen molar-refractivity contribution in [2.24, 2.45) is 0 Å². The Balaban J connectivity index is 2.21. The number of carbonyl (C=O) groups excluding carboxylic acids is 2. The number of rotatable bonds is 46. The van der Waals surface area contributed by atoms with Gasteiger partial charge in [0.25, 0.3) is 0 Å². The summed E-state index contributed by atoms with van der Waals surface area (Å²) in [4.78, 5) is 25.5. The van der Waals surface area contributed by atoms with E-state index in [1.165, 1.54) is 161 Å². The van der Waals surface area contributed by atoms with E-state index in [1.54, 1.807) is 0 Å². The molecule has 1 fully saturated rings. The number of hydrogen-bond acceptors (Lipinski definition) is 10. The first-order valence-electron chi connectivity index (χ1n) is 26.9. The Hall–Kier alpha value is -1.82. The molecular weight excluding hydrogens is 809 g/mol. The fourth-order valence-corrected chi connectivity index (χ4v) is 8.34. The standard InChI is InChI=1S/C54H100O10/c1-3-5-7-9-11-13-15-17-19-21-22-23-24-25-26-27-29-30-32-34-36-38-40-42-49(56)61-45-47(46-62-54-53(60)52(59)51(58)48(44-55)64-54)63-50(57)43-41-39-37-35-33-31-28-20-18-16-14-12-10-8-6-4-2/h14,16,20,28,47-48,51-55,58-60H,3-13,15,17-19,21-27,29-46H2,1-2H3/b16-14-,28-20-. The highest BCUT2D eigenvalue weighted by Crippen LogP contribution is 2.23. The molecule has 0 amide bonds. The highest BCUT2D eigenvalue weighted by atomic mass is 16.7. The van der Waals surface area contributed by atoms with Crippen LogP contribution in [0.25, 0.3) is 0 Å². The van der Waals surface area contributed by atoms with Gasteiger partial charge >= 0.3 is 11.9 Å². The molecule has 0 bridgehead atoms. The lowest BCUT2D eigenvalue weighted by Gasteiger charge is -2.39. The molecule has 1 aliphatic heterocycles. The molecule has 0 aromatic heterocycles. The summed E-state index contributed by atoms with van der Waals surface area (Å²) < 4.78 is 22.3. The van der Waals surface area contributed by atoms with E-state index in [0.29, 0.717) is 6.42 Å². The highest BCUT2D eigenvalue weighted by molar-refractivity contribution is 5.70. The number of hydrogen-bond donors (Lipinski definition) is 4. The molecule has 1 rings (SSSR count). The number of allylic oxidation sites excluding steroid dienone is 4. The second kappa shape index (κ2) is 45.0. The molecule has 4 N–H and O–H groups in total. The summed E-state index contributed by atoms with van der Waals surface area (Å²) in [6, 6.07) is 0. The van der Waals surface area contributed by atoms with Gasteiger partial charge in [0.05, 0.1) is 13.2 Å². The van der Waals surface area contributed by atoms with E-state index < -0.39 is 49.4 Å². The van der Waals surface area contributed by atoms with E-state index >= 15 is 0 Å². The van der Waals surface area contributed by atoms with Gasteiger partial charge in [0.1, 0.15) is 31.0 Å². The van der Waals surface area contributed by atoms with Crippen LogP contribution < -0.4 is 0 Å². The first-order valence-corrected chi connectivity index (χ1v) is 26.9. The zero-order chi connectivity index (χ0) is 46.6. The fraction of sp³-hybridized carbons (Fsp3) is 0.889. The van der Waals surface area contributed by atoms with E-state index in [1.807, 2.05) is 0 Å². The Bertz CT molecular complexity index is 1100. The predicted octanol–water partition coefficient (Wildman–Crippen LogP) is 12.8. The van der Waals surface area contributed by atoms with Crippen LogP contribution in [0.1, 0.15) is 251 Å². The van der Waals surface area contributed by atoms with E-state index in [-0.39, 0.29) is 32.0 Å². The van der Waals surface area contributed by atoms with Crippen LogP contribution in [0.3, 0.4) is 0 Å². The van der Waals surface area contributed by atoms with Gasteiger partial charge in [0.15, 0.2) is 12.4 Å². The minimum atomic E-state index is -1.60. The van der Waals surface area contributed by atoms with Gasteiger partial charge in [-0.3, -0.25) is 9.59 Å². The van der Waals surface area contributed by atoms with Crippen molar-refractivity contribution in [3.05, 3.63) is 24.3 Å². The number of ether oxygens (including phenoxy) is 4. The molecule has 1 aliphatic rings. The fourth-order valence-electron chi connectivity index (χ4n) is 8.34. The summed E-state index contributed by atoms with van der Waals surface area (Å²) in [5, 5.41) is 40.2. The van der Waals surface area contributed by atoms with Gasteiger partial charge in [0.2, 0.25) is 0 Å². The van der Waals surface area contributed by atoms with E-state index in [9.17, 15) is 30.0 Å². The van der Waals surface area contributed by atoms with E-state index in [4.69, 9.17) is 18.9 Å². The molecule has 0 saturated carbocycles. The van der Waals surface area contributed by atoms with Crippen LogP contribution in [-0.4, -0.2) is 89.0 Å². The summed E-state index contributed by atoms with van der Waals surface area (Å²) in [6.07, 6.45) is 44.8. The van der Waals surface area contributed by atoms with Crippen molar-refractivity contribution >= 4 is 11.9 Å². The normalized spacial score (nSPS) is 19.5. The molecule has 1 heterocycles. The average molecular weight is 909 g/mol. The number of aliphatic hydroxyl groups is 4. The molecule has 0 aromatic carbocycles. The maximum Gasteiger partial charge on any atom is 0.306 e. The van der Waals surface area contributed by atoms with Gasteiger partial charge < -0.3 is 39.4 Å². The van der Waals surface area contributed by atoms with Crippen molar-refractivity contribution < 1.29 is 49.0 Å². The van der Waals surface area contributed by atoms with Crippen molar-refractivity contribution in [2.75, 3.05) is 19.8 Å². The molecule has 64 heavy (non-hydrogen) atoms. The SMILES string of the molecule is CCCCCC/C=C\C/C=C\CCCCCCCC(=O)OC(COC(=O)CCCCCCCCCCCCCCCCCCCCCCCCC)COC1OC(CO)C(O)C(O)C1O. The van der Waals surface area contributed by atoms with Gasteiger partial charge in [-0.25, -0.2) is 0 Å². The lowest BCUT2D eigenvalue weighted by molar-refractivity contribution is -0.305. The number of esters is 2. The Labute approximate surface area is 392 Å². The smallest absolute Gasteiger partial charge is 0.306 e. The molecule has 6 atom stereocenters. The van der Waals surface area contributed by atoms with Crippen LogP contribution in [0.4, 0.5) is 0 Å². The maximum atomic E-state index is 12.8. The van der Waals surface area contributed by atoms with Crippen molar-refractivity contribution in [1.29, 1.82) is 0 Å².